The van der Waals surface area contributed by atoms with Crippen molar-refractivity contribution >= 4 is 11.6 Å². The number of hydrogen-bond donors (Lipinski definition) is 2. The fourth-order valence-corrected chi connectivity index (χ4v) is 2.13. The van der Waals surface area contributed by atoms with Gasteiger partial charge in [0.15, 0.2) is 0 Å². The van der Waals surface area contributed by atoms with Gasteiger partial charge in [0.2, 0.25) is 0 Å². The van der Waals surface area contributed by atoms with E-state index in [1.54, 1.807) is 0 Å². The number of rotatable bonds is 3. The van der Waals surface area contributed by atoms with Gasteiger partial charge in [-0.15, -0.1) is 0 Å². The van der Waals surface area contributed by atoms with Gasteiger partial charge in [-0.1, -0.05) is 0 Å². The highest BCUT2D eigenvalue weighted by molar-refractivity contribution is 5.94. The molecule has 0 bridgehead atoms. The molecule has 1 unspecified atom stereocenters. The van der Waals surface area contributed by atoms with Crippen molar-refractivity contribution < 1.29 is 9.90 Å². The monoisotopic (exact) mass is 234 g/mol. The lowest BCUT2D eigenvalue weighted by Crippen LogP contribution is -2.29. The summed E-state index contributed by atoms with van der Waals surface area (Å²) in [6, 6.07) is 7.46. The highest BCUT2D eigenvalue weighted by Gasteiger charge is 2.26. The van der Waals surface area contributed by atoms with Crippen LogP contribution in [-0.4, -0.2) is 42.7 Å². The van der Waals surface area contributed by atoms with E-state index in [0.29, 0.717) is 12.1 Å². The summed E-state index contributed by atoms with van der Waals surface area (Å²) in [4.78, 5) is 13.9. The molecule has 0 radical (unpaired) electrons. The number of carbonyl (C=O) groups is 1. The van der Waals surface area contributed by atoms with E-state index in [0.717, 1.165) is 18.7 Å². The molecular weight excluding hydrogens is 216 g/mol. The average molecular weight is 234 g/mol. The first-order chi connectivity index (χ1) is 8.24. The van der Waals surface area contributed by atoms with E-state index in [9.17, 15) is 4.79 Å². The molecule has 1 aliphatic rings. The number of nitrogens with zero attached hydrogens (tertiary/aromatic N) is 1. The number of amides is 1. The highest BCUT2D eigenvalue weighted by atomic mass is 16.3. The largest absolute Gasteiger partial charge is 0.396 e. The second kappa shape index (κ2) is 5.19. The summed E-state index contributed by atoms with van der Waals surface area (Å²) in [5.41, 5.74) is 1.71. The number of benzene rings is 1. The standard InChI is InChI=1S/C13H18N2O2/c1-14-12-4-2-11(3-5-12)13(17)15-7-6-10(8-15)9-16/h2-5,10,14,16H,6-9H2,1H3. The molecule has 17 heavy (non-hydrogen) atoms. The van der Waals surface area contributed by atoms with Crippen LogP contribution in [0.25, 0.3) is 0 Å². The SMILES string of the molecule is CNc1ccc(C(=O)N2CCC(CO)C2)cc1. The average Bonchev–Trinajstić information content (AvgIpc) is 2.87. The van der Waals surface area contributed by atoms with E-state index < -0.39 is 0 Å². The van der Waals surface area contributed by atoms with Gasteiger partial charge in [-0.05, 0) is 30.7 Å². The summed E-state index contributed by atoms with van der Waals surface area (Å²) in [6.45, 7) is 1.59. The molecule has 0 spiro atoms. The third-order valence-electron chi connectivity index (χ3n) is 3.25. The normalized spacial score (nSPS) is 19.4. The molecule has 0 aromatic heterocycles. The van der Waals surface area contributed by atoms with Crippen molar-refractivity contribution in [3.8, 4) is 0 Å². The van der Waals surface area contributed by atoms with Crippen LogP contribution in [0.4, 0.5) is 5.69 Å². The minimum Gasteiger partial charge on any atom is -0.396 e. The molecule has 1 aromatic carbocycles. The predicted molar refractivity (Wildman–Crippen MR) is 67.1 cm³/mol. The van der Waals surface area contributed by atoms with Gasteiger partial charge in [0.1, 0.15) is 0 Å². The molecule has 92 valence electrons. The second-order valence-corrected chi connectivity index (χ2v) is 4.42. The third kappa shape index (κ3) is 2.58. The lowest BCUT2D eigenvalue weighted by atomic mass is 10.1. The summed E-state index contributed by atoms with van der Waals surface area (Å²) < 4.78 is 0. The zero-order chi connectivity index (χ0) is 12.3. The topological polar surface area (TPSA) is 52.6 Å². The van der Waals surface area contributed by atoms with Gasteiger partial charge in [-0.3, -0.25) is 4.79 Å². The van der Waals surface area contributed by atoms with Crippen molar-refractivity contribution in [3.05, 3.63) is 29.8 Å². The lowest BCUT2D eigenvalue weighted by Gasteiger charge is -2.16. The van der Waals surface area contributed by atoms with Crippen LogP contribution in [0.2, 0.25) is 0 Å². The smallest absolute Gasteiger partial charge is 0.253 e. The zero-order valence-corrected chi connectivity index (χ0v) is 10.0. The van der Waals surface area contributed by atoms with Gasteiger partial charge in [0, 0.05) is 43.9 Å². The Morgan fingerprint density at radius 3 is 2.71 bits per heavy atom. The Kier molecular flexibility index (Phi) is 3.64. The Morgan fingerprint density at radius 1 is 1.47 bits per heavy atom. The van der Waals surface area contributed by atoms with Crippen molar-refractivity contribution in [2.45, 2.75) is 6.42 Å². The number of aliphatic hydroxyl groups is 1. The molecule has 1 heterocycles. The Labute approximate surface area is 101 Å². The van der Waals surface area contributed by atoms with E-state index in [-0.39, 0.29) is 18.4 Å². The van der Waals surface area contributed by atoms with Crippen molar-refractivity contribution in [2.75, 3.05) is 32.1 Å². The van der Waals surface area contributed by atoms with Gasteiger partial charge in [-0.25, -0.2) is 0 Å². The minimum atomic E-state index is 0.0589. The van der Waals surface area contributed by atoms with Crippen LogP contribution in [0, 0.1) is 5.92 Å². The van der Waals surface area contributed by atoms with Crippen molar-refractivity contribution in [3.63, 3.8) is 0 Å². The maximum atomic E-state index is 12.1. The fourth-order valence-electron chi connectivity index (χ4n) is 2.13. The molecule has 0 aliphatic carbocycles. The molecule has 4 heteroatoms. The van der Waals surface area contributed by atoms with Crippen LogP contribution in [0.3, 0.4) is 0 Å². The van der Waals surface area contributed by atoms with E-state index >= 15 is 0 Å². The molecule has 2 rings (SSSR count). The number of aliphatic hydroxyl groups excluding tert-OH is 1. The third-order valence-corrected chi connectivity index (χ3v) is 3.25. The first-order valence-electron chi connectivity index (χ1n) is 5.92. The summed E-state index contributed by atoms with van der Waals surface area (Å²) in [5.74, 6) is 0.305. The van der Waals surface area contributed by atoms with E-state index in [1.165, 1.54) is 0 Å². The number of carbonyl (C=O) groups excluding carboxylic acids is 1. The zero-order valence-electron chi connectivity index (χ0n) is 10.0. The molecule has 1 aromatic rings. The Bertz CT molecular complexity index is 389. The molecule has 1 amide bonds. The molecule has 4 nitrogen and oxygen atoms in total. The van der Waals surface area contributed by atoms with Crippen LogP contribution in [0.1, 0.15) is 16.8 Å². The Hall–Kier alpha value is -1.55. The molecular formula is C13H18N2O2. The van der Waals surface area contributed by atoms with Gasteiger partial charge in [0.25, 0.3) is 5.91 Å². The Morgan fingerprint density at radius 2 is 2.18 bits per heavy atom. The molecule has 1 atom stereocenters. The van der Waals surface area contributed by atoms with Crippen LogP contribution >= 0.6 is 0 Å². The first kappa shape index (κ1) is 11.9. The summed E-state index contributed by atoms with van der Waals surface area (Å²) in [5, 5.41) is 12.1. The van der Waals surface area contributed by atoms with Gasteiger partial charge in [0.05, 0.1) is 0 Å². The van der Waals surface area contributed by atoms with Gasteiger partial charge in [-0.2, -0.15) is 0 Å². The number of anilines is 1. The predicted octanol–water partition coefficient (Wildman–Crippen LogP) is 1.18. The summed E-state index contributed by atoms with van der Waals surface area (Å²) in [6.07, 6.45) is 0.900. The maximum absolute atomic E-state index is 12.1. The lowest BCUT2D eigenvalue weighted by molar-refractivity contribution is 0.0782. The van der Waals surface area contributed by atoms with E-state index in [1.807, 2.05) is 36.2 Å². The van der Waals surface area contributed by atoms with Crippen LogP contribution < -0.4 is 5.32 Å². The molecule has 1 aliphatic heterocycles. The maximum Gasteiger partial charge on any atom is 0.253 e. The summed E-state index contributed by atoms with van der Waals surface area (Å²) in [7, 11) is 1.85. The fraction of sp³-hybridized carbons (Fsp3) is 0.462. The van der Waals surface area contributed by atoms with Crippen molar-refractivity contribution in [1.82, 2.24) is 4.90 Å². The minimum absolute atomic E-state index is 0.0589. The first-order valence-corrected chi connectivity index (χ1v) is 5.92. The van der Waals surface area contributed by atoms with Crippen LogP contribution in [-0.2, 0) is 0 Å². The van der Waals surface area contributed by atoms with Crippen molar-refractivity contribution in [1.29, 1.82) is 0 Å². The second-order valence-electron chi connectivity index (χ2n) is 4.42. The molecule has 1 fully saturated rings. The van der Waals surface area contributed by atoms with Crippen LogP contribution in [0.5, 0.6) is 0 Å². The van der Waals surface area contributed by atoms with E-state index in [4.69, 9.17) is 5.11 Å². The number of hydrogen-bond acceptors (Lipinski definition) is 3. The Balaban J connectivity index is 2.04. The van der Waals surface area contributed by atoms with Gasteiger partial charge < -0.3 is 15.3 Å². The van der Waals surface area contributed by atoms with Crippen molar-refractivity contribution in [2.24, 2.45) is 5.92 Å². The van der Waals surface area contributed by atoms with E-state index in [2.05, 4.69) is 5.32 Å². The quantitative estimate of drug-likeness (QED) is 0.825. The number of likely N-dealkylation sites (tertiary alicyclic amines) is 1. The molecule has 1 saturated heterocycles. The number of nitrogens with one attached hydrogen (secondary N) is 1. The van der Waals surface area contributed by atoms with Crippen LogP contribution in [0.15, 0.2) is 24.3 Å². The van der Waals surface area contributed by atoms with Gasteiger partial charge >= 0.3 is 0 Å². The molecule has 0 saturated carbocycles. The summed E-state index contributed by atoms with van der Waals surface area (Å²) >= 11 is 0. The molecule has 2 N–H and O–H groups in total. The highest BCUT2D eigenvalue weighted by Crippen LogP contribution is 2.19.